The molecule has 3 fully saturated rings. The van der Waals surface area contributed by atoms with Gasteiger partial charge in [0.2, 0.25) is 11.8 Å². The number of benzene rings is 3. The van der Waals surface area contributed by atoms with E-state index in [1.165, 1.54) is 10.5 Å². The summed E-state index contributed by atoms with van der Waals surface area (Å²) in [5.74, 6) is 2.42. The van der Waals surface area contributed by atoms with Gasteiger partial charge in [-0.25, -0.2) is 0 Å². The van der Waals surface area contributed by atoms with Gasteiger partial charge in [0.15, 0.2) is 0 Å². The zero-order chi connectivity index (χ0) is 24.3. The second-order valence-corrected chi connectivity index (χ2v) is 10.8. The number of hydrogen-bond donors (Lipinski definition) is 0. The Kier molecular flexibility index (Phi) is 5.28. The number of carbonyl (C=O) groups excluding carboxylic acids is 2. The van der Waals surface area contributed by atoms with Crippen LogP contribution in [0.4, 0.5) is 5.69 Å². The first-order chi connectivity index (χ1) is 16.9. The lowest BCUT2D eigenvalue weighted by atomic mass is 9.73. The maximum atomic E-state index is 13.6. The van der Waals surface area contributed by atoms with Crippen LogP contribution in [0.2, 0.25) is 0 Å². The quantitative estimate of drug-likeness (QED) is 0.388. The number of amides is 2. The van der Waals surface area contributed by atoms with E-state index in [1.807, 2.05) is 30.3 Å². The third-order valence-corrected chi connectivity index (χ3v) is 8.36. The zero-order valence-corrected chi connectivity index (χ0v) is 20.5. The molecule has 35 heavy (non-hydrogen) atoms. The van der Waals surface area contributed by atoms with Gasteiger partial charge in [0, 0.05) is 0 Å². The summed E-state index contributed by atoms with van der Waals surface area (Å²) in [5.41, 5.74) is 4.24. The predicted molar refractivity (Wildman–Crippen MR) is 137 cm³/mol. The van der Waals surface area contributed by atoms with E-state index in [0.29, 0.717) is 29.2 Å². The van der Waals surface area contributed by atoms with Crippen molar-refractivity contribution >= 4 is 17.5 Å². The Morgan fingerprint density at radius 3 is 2.29 bits per heavy atom. The molecule has 178 valence electrons. The molecular formula is C31H31NO3. The molecule has 5 atom stereocenters. The van der Waals surface area contributed by atoms with E-state index in [-0.39, 0.29) is 29.6 Å². The second kappa shape index (κ2) is 8.37. The van der Waals surface area contributed by atoms with Crippen LogP contribution in [0.15, 0.2) is 72.8 Å². The summed E-state index contributed by atoms with van der Waals surface area (Å²) in [6, 6.07) is 24.2. The zero-order valence-electron chi connectivity index (χ0n) is 20.5. The van der Waals surface area contributed by atoms with Crippen molar-refractivity contribution < 1.29 is 14.3 Å². The highest BCUT2D eigenvalue weighted by molar-refractivity contribution is 6.22. The molecular weight excluding hydrogens is 434 g/mol. The Hall–Kier alpha value is -3.40. The Morgan fingerprint density at radius 1 is 0.857 bits per heavy atom. The molecule has 3 aromatic carbocycles. The van der Waals surface area contributed by atoms with E-state index in [9.17, 15) is 9.59 Å². The molecule has 0 spiro atoms. The lowest BCUT2D eigenvalue weighted by Crippen LogP contribution is -2.32. The number of anilines is 1. The van der Waals surface area contributed by atoms with Crippen LogP contribution in [-0.4, -0.2) is 11.8 Å². The molecule has 1 saturated heterocycles. The number of ether oxygens (including phenoxy) is 1. The van der Waals surface area contributed by atoms with E-state index in [0.717, 1.165) is 29.7 Å². The monoisotopic (exact) mass is 465 g/mol. The van der Waals surface area contributed by atoms with Gasteiger partial charge in [-0.2, -0.15) is 0 Å². The first kappa shape index (κ1) is 22.1. The van der Waals surface area contributed by atoms with Crippen molar-refractivity contribution in [1.29, 1.82) is 0 Å². The average Bonchev–Trinajstić information content (AvgIpc) is 3.51. The van der Waals surface area contributed by atoms with Crippen molar-refractivity contribution in [2.75, 3.05) is 4.90 Å². The number of nitrogens with zero attached hydrogens (tertiary/aromatic N) is 1. The minimum atomic E-state index is -0.191. The number of fused-ring (bicyclic) bond motifs is 5. The van der Waals surface area contributed by atoms with E-state index in [2.05, 4.69) is 63.2 Å². The third-order valence-electron chi connectivity index (χ3n) is 8.36. The number of rotatable bonds is 5. The molecule has 2 amide bonds. The van der Waals surface area contributed by atoms with E-state index >= 15 is 0 Å². The van der Waals surface area contributed by atoms with Crippen molar-refractivity contribution in [3.05, 3.63) is 89.5 Å². The molecule has 0 aromatic heterocycles. The lowest BCUT2D eigenvalue weighted by molar-refractivity contribution is -0.123. The summed E-state index contributed by atoms with van der Waals surface area (Å²) < 4.78 is 6.22. The normalized spacial score (nSPS) is 27.1. The molecule has 3 aliphatic rings. The Balaban J connectivity index is 1.23. The predicted octanol–water partition coefficient (Wildman–Crippen LogP) is 6.84. The number of carbonyl (C=O) groups is 2. The van der Waals surface area contributed by atoms with Crippen LogP contribution in [-0.2, 0) is 9.59 Å². The maximum absolute atomic E-state index is 13.6. The highest BCUT2D eigenvalue weighted by Gasteiger charge is 2.64. The van der Waals surface area contributed by atoms with Gasteiger partial charge in [-0.3, -0.25) is 14.5 Å². The lowest BCUT2D eigenvalue weighted by Gasteiger charge is -2.28. The second-order valence-electron chi connectivity index (χ2n) is 10.8. The minimum Gasteiger partial charge on any atom is -0.457 e. The molecule has 1 aliphatic heterocycles. The van der Waals surface area contributed by atoms with Gasteiger partial charge in [-0.15, -0.1) is 0 Å². The Labute approximate surface area is 206 Å². The van der Waals surface area contributed by atoms with Gasteiger partial charge >= 0.3 is 0 Å². The van der Waals surface area contributed by atoms with Gasteiger partial charge < -0.3 is 4.74 Å². The summed E-state index contributed by atoms with van der Waals surface area (Å²) in [6.07, 6.45) is 1.99. The largest absolute Gasteiger partial charge is 0.457 e. The molecule has 1 heterocycles. The molecule has 2 saturated carbocycles. The Morgan fingerprint density at radius 2 is 1.57 bits per heavy atom. The van der Waals surface area contributed by atoms with Gasteiger partial charge in [-0.1, -0.05) is 56.3 Å². The van der Waals surface area contributed by atoms with E-state index < -0.39 is 0 Å². The molecule has 2 bridgehead atoms. The fourth-order valence-corrected chi connectivity index (χ4v) is 6.79. The molecule has 3 aromatic rings. The highest BCUT2D eigenvalue weighted by atomic mass is 16.5. The summed E-state index contributed by atoms with van der Waals surface area (Å²) in [7, 11) is 0. The average molecular weight is 466 g/mol. The first-order valence-corrected chi connectivity index (χ1v) is 12.7. The molecule has 4 heteroatoms. The molecule has 4 nitrogen and oxygen atoms in total. The highest BCUT2D eigenvalue weighted by Crippen LogP contribution is 2.61. The van der Waals surface area contributed by atoms with Crippen LogP contribution < -0.4 is 9.64 Å². The van der Waals surface area contributed by atoms with Crippen molar-refractivity contribution in [2.45, 2.75) is 45.4 Å². The van der Waals surface area contributed by atoms with Crippen LogP contribution >= 0.6 is 0 Å². The molecule has 5 unspecified atom stereocenters. The number of aryl methyl sites for hydroxylation is 1. The van der Waals surface area contributed by atoms with Crippen LogP contribution in [0, 0.1) is 30.6 Å². The fourth-order valence-electron chi connectivity index (χ4n) is 6.79. The standard InChI is InChI=1S/C31H31NO3/c1-18(2)24-14-9-19(3)15-27(24)35-23-12-10-22(11-13-23)32-30(33)28-21-16-25(20-7-5-4-6-8-20)26(17-21)29(28)31(32)34/h4-15,18,21,25-26,28-29H,16-17H2,1-3H3. The van der Waals surface area contributed by atoms with Crippen molar-refractivity contribution in [3.63, 3.8) is 0 Å². The van der Waals surface area contributed by atoms with Crippen LogP contribution in [0.5, 0.6) is 11.5 Å². The molecule has 2 aliphatic carbocycles. The smallest absolute Gasteiger partial charge is 0.237 e. The maximum Gasteiger partial charge on any atom is 0.237 e. The van der Waals surface area contributed by atoms with Gasteiger partial charge in [-0.05, 0) is 90.5 Å². The van der Waals surface area contributed by atoms with Gasteiger partial charge in [0.25, 0.3) is 0 Å². The first-order valence-electron chi connectivity index (χ1n) is 12.7. The van der Waals surface area contributed by atoms with Gasteiger partial charge in [0.05, 0.1) is 17.5 Å². The summed E-state index contributed by atoms with van der Waals surface area (Å²) >= 11 is 0. The molecule has 6 rings (SSSR count). The fraction of sp³-hybridized carbons (Fsp3) is 0.355. The number of hydrogen-bond acceptors (Lipinski definition) is 3. The van der Waals surface area contributed by atoms with E-state index in [4.69, 9.17) is 4.74 Å². The third kappa shape index (κ3) is 3.58. The SMILES string of the molecule is Cc1ccc(C(C)C)c(Oc2ccc(N3C(=O)C4C5CC(c6ccccc6)C(C5)C4C3=O)cc2)c1. The van der Waals surface area contributed by atoms with Gasteiger partial charge in [0.1, 0.15) is 11.5 Å². The van der Waals surface area contributed by atoms with Crippen molar-refractivity contribution in [3.8, 4) is 11.5 Å². The summed E-state index contributed by atoms with van der Waals surface area (Å²) in [6.45, 7) is 6.35. The number of imide groups is 1. The molecule has 0 radical (unpaired) electrons. The van der Waals surface area contributed by atoms with Crippen LogP contribution in [0.1, 0.15) is 55.2 Å². The van der Waals surface area contributed by atoms with Crippen molar-refractivity contribution in [2.24, 2.45) is 23.7 Å². The summed E-state index contributed by atoms with van der Waals surface area (Å²) in [5, 5.41) is 0. The van der Waals surface area contributed by atoms with Crippen molar-refractivity contribution in [1.82, 2.24) is 0 Å². The topological polar surface area (TPSA) is 46.6 Å². The summed E-state index contributed by atoms with van der Waals surface area (Å²) in [4.78, 5) is 28.5. The van der Waals surface area contributed by atoms with Crippen LogP contribution in [0.3, 0.4) is 0 Å². The molecule has 0 N–H and O–H groups in total. The van der Waals surface area contributed by atoms with Crippen LogP contribution in [0.25, 0.3) is 0 Å². The Bertz CT molecular complexity index is 1280. The minimum absolute atomic E-state index is 0.0199. The van der Waals surface area contributed by atoms with E-state index in [1.54, 1.807) is 0 Å².